The molecule has 0 radical (unpaired) electrons. The van der Waals surface area contributed by atoms with Crippen LogP contribution in [0.15, 0.2) is 0 Å². The number of carboxylic acid groups (broad SMARTS) is 1. The Hall–Kier alpha value is -1.30. The van der Waals surface area contributed by atoms with Gasteiger partial charge in [-0.25, -0.2) is 4.79 Å². The van der Waals surface area contributed by atoms with Gasteiger partial charge >= 0.3 is 12.0 Å². The lowest BCUT2D eigenvalue weighted by Crippen LogP contribution is -2.47. The minimum Gasteiger partial charge on any atom is -0.481 e. The van der Waals surface area contributed by atoms with Gasteiger partial charge in [0.1, 0.15) is 5.92 Å². The molecule has 1 aliphatic carbocycles. The zero-order chi connectivity index (χ0) is 13.7. The highest BCUT2D eigenvalue weighted by Crippen LogP contribution is 2.26. The van der Waals surface area contributed by atoms with Gasteiger partial charge in [-0.15, -0.1) is 0 Å². The lowest BCUT2D eigenvalue weighted by molar-refractivity contribution is -0.142. The van der Waals surface area contributed by atoms with Gasteiger partial charge in [0.2, 0.25) is 0 Å². The topological polar surface area (TPSA) is 87.7 Å². The summed E-state index contributed by atoms with van der Waals surface area (Å²) in [5.41, 5.74) is 0. The number of hydrogen-bond donors (Lipinski definition) is 3. The van der Waals surface area contributed by atoms with Gasteiger partial charge in [0.05, 0.1) is 19.3 Å². The van der Waals surface area contributed by atoms with Crippen LogP contribution in [0.2, 0.25) is 0 Å². The molecule has 0 aromatic carbocycles. The lowest BCUT2D eigenvalue weighted by Gasteiger charge is -2.16. The molecule has 6 heteroatoms. The van der Waals surface area contributed by atoms with Crippen molar-refractivity contribution in [3.8, 4) is 0 Å². The summed E-state index contributed by atoms with van der Waals surface area (Å²) in [6, 6.07) is -0.719. The van der Waals surface area contributed by atoms with Crippen molar-refractivity contribution in [1.29, 1.82) is 0 Å². The number of ether oxygens (including phenoxy) is 1. The summed E-state index contributed by atoms with van der Waals surface area (Å²) >= 11 is 0. The number of carboxylic acids is 1. The Bertz CT molecular complexity index is 329. The third-order valence-electron chi connectivity index (χ3n) is 4.03. The molecule has 0 aromatic heterocycles. The van der Waals surface area contributed by atoms with E-state index in [-0.39, 0.29) is 19.2 Å². The van der Waals surface area contributed by atoms with Crippen molar-refractivity contribution in [2.75, 3.05) is 19.8 Å². The van der Waals surface area contributed by atoms with E-state index >= 15 is 0 Å². The van der Waals surface area contributed by atoms with E-state index in [2.05, 4.69) is 10.6 Å². The summed E-state index contributed by atoms with van der Waals surface area (Å²) in [7, 11) is 0. The molecule has 3 N–H and O–H groups in total. The Labute approximate surface area is 112 Å². The molecular weight excluding hydrogens is 248 g/mol. The van der Waals surface area contributed by atoms with Crippen molar-refractivity contribution in [2.45, 2.75) is 38.1 Å². The van der Waals surface area contributed by atoms with Crippen LogP contribution in [0.25, 0.3) is 0 Å². The molecule has 6 nitrogen and oxygen atoms in total. The van der Waals surface area contributed by atoms with Crippen molar-refractivity contribution in [3.05, 3.63) is 0 Å². The first-order valence-electron chi connectivity index (χ1n) is 7.01. The highest BCUT2D eigenvalue weighted by molar-refractivity contribution is 5.77. The van der Waals surface area contributed by atoms with Crippen LogP contribution < -0.4 is 10.6 Å². The highest BCUT2D eigenvalue weighted by atomic mass is 16.5. The zero-order valence-electron chi connectivity index (χ0n) is 11.1. The first-order chi connectivity index (χ1) is 9.16. The minimum absolute atomic E-state index is 0.169. The van der Waals surface area contributed by atoms with Crippen molar-refractivity contribution in [2.24, 2.45) is 11.8 Å². The Morgan fingerprint density at radius 2 is 1.95 bits per heavy atom. The second-order valence-electron chi connectivity index (χ2n) is 5.43. The van der Waals surface area contributed by atoms with Gasteiger partial charge in [-0.3, -0.25) is 4.79 Å². The SMILES string of the molecule is O=C(NCCC1CCCC1)NC1COCC1C(=O)O. The first kappa shape index (κ1) is 14.1. The van der Waals surface area contributed by atoms with E-state index in [1.54, 1.807) is 0 Å². The third kappa shape index (κ3) is 4.09. The van der Waals surface area contributed by atoms with Gasteiger partial charge in [0.15, 0.2) is 0 Å². The van der Waals surface area contributed by atoms with Crippen LogP contribution in [-0.2, 0) is 9.53 Å². The minimum atomic E-state index is -0.922. The molecule has 1 saturated heterocycles. The second-order valence-corrected chi connectivity index (χ2v) is 5.43. The van der Waals surface area contributed by atoms with Gasteiger partial charge in [0.25, 0.3) is 0 Å². The van der Waals surface area contributed by atoms with Gasteiger partial charge in [-0.1, -0.05) is 25.7 Å². The maximum atomic E-state index is 11.7. The second kappa shape index (κ2) is 6.75. The molecule has 0 spiro atoms. The molecule has 2 fully saturated rings. The van der Waals surface area contributed by atoms with Crippen LogP contribution in [0.1, 0.15) is 32.1 Å². The lowest BCUT2D eigenvalue weighted by atomic mass is 10.0. The Balaban J connectivity index is 1.64. The number of carbonyl (C=O) groups is 2. The molecule has 19 heavy (non-hydrogen) atoms. The number of nitrogens with one attached hydrogen (secondary N) is 2. The fraction of sp³-hybridized carbons (Fsp3) is 0.846. The van der Waals surface area contributed by atoms with E-state index in [9.17, 15) is 9.59 Å². The van der Waals surface area contributed by atoms with Gasteiger partial charge in [-0.05, 0) is 12.3 Å². The predicted octanol–water partition coefficient (Wildman–Crippen LogP) is 0.965. The molecule has 108 valence electrons. The van der Waals surface area contributed by atoms with Crippen LogP contribution in [-0.4, -0.2) is 42.9 Å². The normalized spacial score (nSPS) is 27.4. The average Bonchev–Trinajstić information content (AvgIpc) is 2.99. The van der Waals surface area contributed by atoms with E-state index in [0.29, 0.717) is 6.54 Å². The standard InChI is InChI=1S/C13H22N2O4/c16-12(17)10-7-19-8-11(10)15-13(18)14-6-5-9-3-1-2-4-9/h9-11H,1-8H2,(H,16,17)(H2,14,15,18). The number of amides is 2. The largest absolute Gasteiger partial charge is 0.481 e. The van der Waals surface area contributed by atoms with E-state index in [1.165, 1.54) is 25.7 Å². The Morgan fingerprint density at radius 3 is 2.63 bits per heavy atom. The molecule has 1 aliphatic heterocycles. The van der Waals surface area contributed by atoms with Gasteiger partial charge in [0, 0.05) is 6.54 Å². The highest BCUT2D eigenvalue weighted by Gasteiger charge is 2.34. The Kier molecular flexibility index (Phi) is 5.01. The fourth-order valence-corrected chi connectivity index (χ4v) is 2.85. The Morgan fingerprint density at radius 1 is 1.21 bits per heavy atom. The van der Waals surface area contributed by atoms with Crippen molar-refractivity contribution in [3.63, 3.8) is 0 Å². The number of hydrogen-bond acceptors (Lipinski definition) is 3. The smallest absolute Gasteiger partial charge is 0.315 e. The number of urea groups is 1. The molecular formula is C13H22N2O4. The number of carbonyl (C=O) groups excluding carboxylic acids is 1. The summed E-state index contributed by atoms with van der Waals surface area (Å²) in [4.78, 5) is 22.6. The predicted molar refractivity (Wildman–Crippen MR) is 68.8 cm³/mol. The molecule has 2 atom stereocenters. The van der Waals surface area contributed by atoms with Gasteiger partial charge in [-0.2, -0.15) is 0 Å². The van der Waals surface area contributed by atoms with Crippen LogP contribution in [0, 0.1) is 11.8 Å². The molecule has 0 bridgehead atoms. The number of rotatable bonds is 5. The van der Waals surface area contributed by atoms with Crippen molar-refractivity contribution in [1.82, 2.24) is 10.6 Å². The van der Waals surface area contributed by atoms with E-state index in [0.717, 1.165) is 12.3 Å². The fourth-order valence-electron chi connectivity index (χ4n) is 2.85. The van der Waals surface area contributed by atoms with E-state index < -0.39 is 17.9 Å². The first-order valence-corrected chi connectivity index (χ1v) is 7.01. The monoisotopic (exact) mass is 270 g/mol. The molecule has 2 amide bonds. The summed E-state index contributed by atoms with van der Waals surface area (Å²) in [6.07, 6.45) is 6.14. The van der Waals surface area contributed by atoms with Crippen molar-refractivity contribution >= 4 is 12.0 Å². The summed E-state index contributed by atoms with van der Waals surface area (Å²) in [5, 5.41) is 14.4. The van der Waals surface area contributed by atoms with Crippen LogP contribution >= 0.6 is 0 Å². The summed E-state index contributed by atoms with van der Waals surface area (Å²) in [6.45, 7) is 1.09. The average molecular weight is 270 g/mol. The third-order valence-corrected chi connectivity index (χ3v) is 4.03. The summed E-state index contributed by atoms with van der Waals surface area (Å²) in [5.74, 6) is -0.823. The van der Waals surface area contributed by atoms with E-state index in [1.807, 2.05) is 0 Å². The number of aliphatic carboxylic acids is 1. The van der Waals surface area contributed by atoms with Crippen LogP contribution in [0.3, 0.4) is 0 Å². The van der Waals surface area contributed by atoms with Gasteiger partial charge < -0.3 is 20.5 Å². The van der Waals surface area contributed by atoms with Crippen LogP contribution in [0.5, 0.6) is 0 Å². The summed E-state index contributed by atoms with van der Waals surface area (Å²) < 4.78 is 5.09. The quantitative estimate of drug-likeness (QED) is 0.694. The van der Waals surface area contributed by atoms with E-state index in [4.69, 9.17) is 9.84 Å². The van der Waals surface area contributed by atoms with Crippen molar-refractivity contribution < 1.29 is 19.4 Å². The molecule has 0 aromatic rings. The molecule has 2 unspecified atom stereocenters. The zero-order valence-corrected chi connectivity index (χ0v) is 11.1. The molecule has 2 rings (SSSR count). The molecule has 1 heterocycles. The molecule has 1 saturated carbocycles. The molecule has 2 aliphatic rings. The maximum Gasteiger partial charge on any atom is 0.315 e. The van der Waals surface area contributed by atoms with Crippen LogP contribution in [0.4, 0.5) is 4.79 Å². The maximum absolute atomic E-state index is 11.7.